The van der Waals surface area contributed by atoms with Gasteiger partial charge in [0.1, 0.15) is 0 Å². The van der Waals surface area contributed by atoms with Crippen molar-refractivity contribution < 1.29 is 9.72 Å². The minimum absolute atomic E-state index is 0.0846. The first-order valence-electron chi connectivity index (χ1n) is 8.71. The average Bonchev–Trinajstić information content (AvgIpc) is 2.68. The molecule has 1 aliphatic rings. The van der Waals surface area contributed by atoms with Crippen molar-refractivity contribution in [2.24, 2.45) is 0 Å². The standard InChI is InChI=1S/C19H22N4O3/c1-2-15-5-3-4-6-18(15)20-19(24)22-13-11-21(12-14-22)16-7-9-17(10-8-16)23(25)26/h3-10H,2,11-14H2,1H3,(H,20,24). The minimum Gasteiger partial charge on any atom is -0.368 e. The summed E-state index contributed by atoms with van der Waals surface area (Å²) in [5, 5.41) is 13.7. The molecular formula is C19H22N4O3. The molecule has 1 heterocycles. The van der Waals surface area contributed by atoms with Gasteiger partial charge in [-0.1, -0.05) is 25.1 Å². The van der Waals surface area contributed by atoms with E-state index in [1.807, 2.05) is 24.3 Å². The second-order valence-corrected chi connectivity index (χ2v) is 6.19. The van der Waals surface area contributed by atoms with Gasteiger partial charge in [-0.2, -0.15) is 0 Å². The number of nitrogens with zero attached hydrogens (tertiary/aromatic N) is 3. The number of piperazine rings is 1. The molecule has 0 spiro atoms. The first kappa shape index (κ1) is 17.7. The molecule has 26 heavy (non-hydrogen) atoms. The Labute approximate surface area is 152 Å². The lowest BCUT2D eigenvalue weighted by atomic mass is 10.1. The van der Waals surface area contributed by atoms with Gasteiger partial charge in [0.25, 0.3) is 5.69 Å². The monoisotopic (exact) mass is 354 g/mol. The Hall–Kier alpha value is -3.09. The van der Waals surface area contributed by atoms with Crippen LogP contribution in [0.2, 0.25) is 0 Å². The zero-order chi connectivity index (χ0) is 18.5. The van der Waals surface area contributed by atoms with Crippen molar-refractivity contribution in [1.29, 1.82) is 0 Å². The molecule has 1 fully saturated rings. The largest absolute Gasteiger partial charge is 0.368 e. The van der Waals surface area contributed by atoms with Gasteiger partial charge in [0, 0.05) is 49.7 Å². The molecule has 136 valence electrons. The normalized spacial score (nSPS) is 14.2. The van der Waals surface area contributed by atoms with E-state index in [9.17, 15) is 14.9 Å². The Kier molecular flexibility index (Phi) is 5.36. The summed E-state index contributed by atoms with van der Waals surface area (Å²) in [5.74, 6) is 0. The number of hydrogen-bond acceptors (Lipinski definition) is 4. The van der Waals surface area contributed by atoms with Gasteiger partial charge in [-0.15, -0.1) is 0 Å². The lowest BCUT2D eigenvalue weighted by Crippen LogP contribution is -2.50. The van der Waals surface area contributed by atoms with E-state index in [2.05, 4.69) is 17.1 Å². The molecule has 0 aromatic heterocycles. The summed E-state index contributed by atoms with van der Waals surface area (Å²) in [4.78, 5) is 26.8. The van der Waals surface area contributed by atoms with Crippen LogP contribution in [-0.2, 0) is 6.42 Å². The number of non-ortho nitro benzene ring substituents is 1. The number of carbonyl (C=O) groups is 1. The molecule has 0 radical (unpaired) electrons. The van der Waals surface area contributed by atoms with Gasteiger partial charge in [-0.3, -0.25) is 10.1 Å². The molecule has 2 aromatic carbocycles. The fraction of sp³-hybridized carbons (Fsp3) is 0.316. The fourth-order valence-corrected chi connectivity index (χ4v) is 3.10. The van der Waals surface area contributed by atoms with Gasteiger partial charge in [-0.05, 0) is 30.2 Å². The lowest BCUT2D eigenvalue weighted by molar-refractivity contribution is -0.384. The van der Waals surface area contributed by atoms with Gasteiger partial charge in [-0.25, -0.2) is 4.79 Å². The molecule has 1 aliphatic heterocycles. The van der Waals surface area contributed by atoms with Crippen molar-refractivity contribution in [3.8, 4) is 0 Å². The smallest absolute Gasteiger partial charge is 0.321 e. The summed E-state index contributed by atoms with van der Waals surface area (Å²) in [6.45, 7) is 4.67. The van der Waals surface area contributed by atoms with Crippen LogP contribution in [0.5, 0.6) is 0 Å². The van der Waals surface area contributed by atoms with Crippen molar-refractivity contribution in [2.45, 2.75) is 13.3 Å². The van der Waals surface area contributed by atoms with E-state index in [-0.39, 0.29) is 11.7 Å². The number of anilines is 2. The fourth-order valence-electron chi connectivity index (χ4n) is 3.10. The highest BCUT2D eigenvalue weighted by molar-refractivity contribution is 5.90. The van der Waals surface area contributed by atoms with E-state index in [4.69, 9.17) is 0 Å². The lowest BCUT2D eigenvalue weighted by Gasteiger charge is -2.36. The second-order valence-electron chi connectivity index (χ2n) is 6.19. The highest BCUT2D eigenvalue weighted by atomic mass is 16.6. The van der Waals surface area contributed by atoms with E-state index in [1.165, 1.54) is 12.1 Å². The van der Waals surface area contributed by atoms with E-state index in [0.29, 0.717) is 26.2 Å². The summed E-state index contributed by atoms with van der Waals surface area (Å²) < 4.78 is 0. The molecule has 0 saturated carbocycles. The van der Waals surface area contributed by atoms with Crippen LogP contribution >= 0.6 is 0 Å². The second kappa shape index (κ2) is 7.86. The molecule has 0 aliphatic carbocycles. The van der Waals surface area contributed by atoms with Gasteiger partial charge in [0.15, 0.2) is 0 Å². The van der Waals surface area contributed by atoms with Crippen molar-refractivity contribution in [1.82, 2.24) is 4.90 Å². The number of aryl methyl sites for hydroxylation is 1. The Balaban J connectivity index is 1.57. The number of para-hydroxylation sites is 1. The highest BCUT2D eigenvalue weighted by Crippen LogP contribution is 2.21. The summed E-state index contributed by atoms with van der Waals surface area (Å²) in [6, 6.07) is 14.3. The predicted octanol–water partition coefficient (Wildman–Crippen LogP) is 3.51. The highest BCUT2D eigenvalue weighted by Gasteiger charge is 2.22. The number of rotatable bonds is 4. The summed E-state index contributed by atoms with van der Waals surface area (Å²) in [7, 11) is 0. The molecule has 2 aromatic rings. The molecule has 7 nitrogen and oxygen atoms in total. The van der Waals surface area contributed by atoms with Crippen LogP contribution in [0.25, 0.3) is 0 Å². The van der Waals surface area contributed by atoms with Crippen molar-refractivity contribution in [3.05, 3.63) is 64.2 Å². The molecule has 7 heteroatoms. The third kappa shape index (κ3) is 3.93. The van der Waals surface area contributed by atoms with Crippen molar-refractivity contribution in [2.75, 3.05) is 36.4 Å². The van der Waals surface area contributed by atoms with Crippen LogP contribution in [0.3, 0.4) is 0 Å². The number of urea groups is 1. The first-order chi connectivity index (χ1) is 12.6. The maximum Gasteiger partial charge on any atom is 0.321 e. The molecule has 2 amide bonds. The third-order valence-electron chi connectivity index (χ3n) is 4.63. The average molecular weight is 354 g/mol. The van der Waals surface area contributed by atoms with Gasteiger partial charge >= 0.3 is 6.03 Å². The summed E-state index contributed by atoms with van der Waals surface area (Å²) in [6.07, 6.45) is 0.865. The Morgan fingerprint density at radius 3 is 2.35 bits per heavy atom. The predicted molar refractivity (Wildman–Crippen MR) is 102 cm³/mol. The van der Waals surface area contributed by atoms with Gasteiger partial charge < -0.3 is 15.1 Å². The minimum atomic E-state index is -0.403. The molecule has 1 N–H and O–H groups in total. The number of benzene rings is 2. The quantitative estimate of drug-likeness (QED) is 0.673. The number of carbonyl (C=O) groups excluding carboxylic acids is 1. The molecular weight excluding hydrogens is 332 g/mol. The van der Waals surface area contributed by atoms with Gasteiger partial charge in [0.2, 0.25) is 0 Å². The van der Waals surface area contributed by atoms with Crippen LogP contribution < -0.4 is 10.2 Å². The maximum absolute atomic E-state index is 12.5. The first-order valence-corrected chi connectivity index (χ1v) is 8.71. The van der Waals surface area contributed by atoms with Crippen molar-refractivity contribution in [3.63, 3.8) is 0 Å². The summed E-state index contributed by atoms with van der Waals surface area (Å²) >= 11 is 0. The Morgan fingerprint density at radius 1 is 1.08 bits per heavy atom. The zero-order valence-electron chi connectivity index (χ0n) is 14.7. The number of nitro benzene ring substituents is 1. The molecule has 0 unspecified atom stereocenters. The Morgan fingerprint density at radius 2 is 1.73 bits per heavy atom. The van der Waals surface area contributed by atoms with E-state index < -0.39 is 4.92 Å². The van der Waals surface area contributed by atoms with Gasteiger partial charge in [0.05, 0.1) is 4.92 Å². The van der Waals surface area contributed by atoms with Crippen LogP contribution in [0.4, 0.5) is 21.9 Å². The van der Waals surface area contributed by atoms with Crippen LogP contribution in [0.1, 0.15) is 12.5 Å². The van der Waals surface area contributed by atoms with Crippen LogP contribution in [-0.4, -0.2) is 42.0 Å². The third-order valence-corrected chi connectivity index (χ3v) is 4.63. The number of nitrogens with one attached hydrogen (secondary N) is 1. The summed E-state index contributed by atoms with van der Waals surface area (Å²) in [5.41, 5.74) is 3.00. The van der Waals surface area contributed by atoms with Crippen LogP contribution in [0, 0.1) is 10.1 Å². The van der Waals surface area contributed by atoms with Crippen LogP contribution in [0.15, 0.2) is 48.5 Å². The molecule has 0 bridgehead atoms. The van der Waals surface area contributed by atoms with Crippen molar-refractivity contribution >= 4 is 23.1 Å². The Bertz CT molecular complexity index is 784. The number of hydrogen-bond donors (Lipinski definition) is 1. The maximum atomic E-state index is 12.5. The van der Waals surface area contributed by atoms with E-state index in [0.717, 1.165) is 23.4 Å². The van der Waals surface area contributed by atoms with E-state index in [1.54, 1.807) is 17.0 Å². The van der Waals surface area contributed by atoms with E-state index >= 15 is 0 Å². The molecule has 0 atom stereocenters. The molecule has 3 rings (SSSR count). The number of nitro groups is 1. The SMILES string of the molecule is CCc1ccccc1NC(=O)N1CCN(c2ccc([N+](=O)[O-])cc2)CC1. The zero-order valence-corrected chi connectivity index (χ0v) is 14.7. The number of amides is 2. The topological polar surface area (TPSA) is 78.7 Å². The molecule has 1 saturated heterocycles.